The van der Waals surface area contributed by atoms with Gasteiger partial charge in [0.2, 0.25) is 0 Å². The van der Waals surface area contributed by atoms with E-state index in [1.54, 1.807) is 14.2 Å². The summed E-state index contributed by atoms with van der Waals surface area (Å²) in [6, 6.07) is 4.02. The van der Waals surface area contributed by atoms with Crippen molar-refractivity contribution in [1.82, 2.24) is 0 Å². The van der Waals surface area contributed by atoms with Crippen LogP contribution in [0, 0.1) is 13.8 Å². The maximum atomic E-state index is 10.4. The molecule has 1 unspecified atom stereocenters. The van der Waals surface area contributed by atoms with Gasteiger partial charge in [-0.15, -0.1) is 0 Å². The third kappa shape index (κ3) is 2.77. The number of aliphatic hydroxyl groups is 1. The van der Waals surface area contributed by atoms with E-state index >= 15 is 0 Å². The highest BCUT2D eigenvalue weighted by molar-refractivity contribution is 5.44. The van der Waals surface area contributed by atoms with Gasteiger partial charge in [0.1, 0.15) is 5.75 Å². The van der Waals surface area contributed by atoms with Gasteiger partial charge < -0.3 is 14.6 Å². The van der Waals surface area contributed by atoms with Crippen molar-refractivity contribution in [2.24, 2.45) is 0 Å². The monoisotopic (exact) mass is 264 g/mol. The lowest BCUT2D eigenvalue weighted by atomic mass is 9.75. The van der Waals surface area contributed by atoms with Crippen LogP contribution in [0.25, 0.3) is 0 Å². The van der Waals surface area contributed by atoms with Crippen molar-refractivity contribution in [3.63, 3.8) is 0 Å². The summed E-state index contributed by atoms with van der Waals surface area (Å²) in [5.74, 6) is 0.904. The van der Waals surface area contributed by atoms with E-state index in [0.29, 0.717) is 6.42 Å². The summed E-state index contributed by atoms with van der Waals surface area (Å²) < 4.78 is 10.9. The molecule has 2 rings (SSSR count). The van der Waals surface area contributed by atoms with Crippen LogP contribution in [-0.2, 0) is 4.74 Å². The van der Waals surface area contributed by atoms with E-state index in [1.165, 1.54) is 6.42 Å². The molecule has 3 nitrogen and oxygen atoms in total. The molecule has 1 N–H and O–H groups in total. The van der Waals surface area contributed by atoms with Gasteiger partial charge in [-0.05, 0) is 61.9 Å². The first-order valence-electron chi connectivity index (χ1n) is 6.90. The van der Waals surface area contributed by atoms with Gasteiger partial charge in [-0.25, -0.2) is 0 Å². The van der Waals surface area contributed by atoms with E-state index in [2.05, 4.69) is 0 Å². The maximum Gasteiger partial charge on any atom is 0.124 e. The van der Waals surface area contributed by atoms with Crippen molar-refractivity contribution in [3.8, 4) is 5.75 Å². The first-order valence-corrected chi connectivity index (χ1v) is 6.90. The largest absolute Gasteiger partial charge is 0.496 e. The normalized spacial score (nSPS) is 18.8. The summed E-state index contributed by atoms with van der Waals surface area (Å²) in [5.41, 5.74) is 2.98. The van der Waals surface area contributed by atoms with E-state index in [0.717, 1.165) is 35.3 Å². The minimum Gasteiger partial charge on any atom is -0.496 e. The van der Waals surface area contributed by atoms with Crippen LogP contribution in [0.1, 0.15) is 48.5 Å². The van der Waals surface area contributed by atoms with Crippen molar-refractivity contribution in [1.29, 1.82) is 0 Å². The molecular formula is C16H24O3. The Kier molecular flexibility index (Phi) is 4.16. The fourth-order valence-electron chi connectivity index (χ4n) is 3.03. The Morgan fingerprint density at radius 2 is 1.79 bits per heavy atom. The molecule has 1 saturated carbocycles. The second-order valence-electron chi connectivity index (χ2n) is 5.65. The molecule has 0 heterocycles. The fourth-order valence-corrected chi connectivity index (χ4v) is 3.03. The molecule has 0 saturated heterocycles. The first-order chi connectivity index (χ1) is 9.01. The molecule has 1 aliphatic rings. The number of hydrogen-bond donors (Lipinski definition) is 1. The van der Waals surface area contributed by atoms with Crippen LogP contribution >= 0.6 is 0 Å². The Hall–Kier alpha value is -1.06. The number of aliphatic hydroxyl groups excluding tert-OH is 1. The SMILES string of the molecule is COc1c(C)cc(C(O)CC2(OC)CCC2)cc1C. The molecule has 0 aliphatic heterocycles. The summed E-state index contributed by atoms with van der Waals surface area (Å²) in [4.78, 5) is 0. The molecule has 19 heavy (non-hydrogen) atoms. The average Bonchev–Trinajstić information content (AvgIpc) is 2.33. The Morgan fingerprint density at radius 1 is 1.21 bits per heavy atom. The lowest BCUT2D eigenvalue weighted by Gasteiger charge is -2.42. The summed E-state index contributed by atoms with van der Waals surface area (Å²) in [6.45, 7) is 4.02. The molecule has 1 aromatic carbocycles. The van der Waals surface area contributed by atoms with Crippen molar-refractivity contribution < 1.29 is 14.6 Å². The van der Waals surface area contributed by atoms with Gasteiger partial charge in [-0.2, -0.15) is 0 Å². The van der Waals surface area contributed by atoms with Gasteiger partial charge >= 0.3 is 0 Å². The Bertz CT molecular complexity index is 421. The van der Waals surface area contributed by atoms with E-state index in [9.17, 15) is 5.11 Å². The lowest BCUT2D eigenvalue weighted by Crippen LogP contribution is -2.40. The van der Waals surface area contributed by atoms with Gasteiger partial charge in [-0.1, -0.05) is 0 Å². The summed E-state index contributed by atoms with van der Waals surface area (Å²) in [7, 11) is 3.43. The van der Waals surface area contributed by atoms with Crippen LogP contribution in [0.2, 0.25) is 0 Å². The van der Waals surface area contributed by atoms with Crippen LogP contribution in [0.4, 0.5) is 0 Å². The minimum absolute atomic E-state index is 0.110. The summed E-state index contributed by atoms with van der Waals surface area (Å²) >= 11 is 0. The van der Waals surface area contributed by atoms with E-state index in [4.69, 9.17) is 9.47 Å². The predicted molar refractivity (Wildman–Crippen MR) is 75.6 cm³/mol. The van der Waals surface area contributed by atoms with Crippen LogP contribution < -0.4 is 4.74 Å². The van der Waals surface area contributed by atoms with Crippen molar-refractivity contribution in [2.75, 3.05) is 14.2 Å². The quantitative estimate of drug-likeness (QED) is 0.886. The maximum absolute atomic E-state index is 10.4. The smallest absolute Gasteiger partial charge is 0.124 e. The topological polar surface area (TPSA) is 38.7 Å². The van der Waals surface area contributed by atoms with Crippen molar-refractivity contribution >= 4 is 0 Å². The first kappa shape index (κ1) is 14.4. The van der Waals surface area contributed by atoms with Gasteiger partial charge in [0.05, 0.1) is 18.8 Å². The molecule has 0 aromatic heterocycles. The summed E-state index contributed by atoms with van der Waals surface area (Å²) in [5, 5.41) is 10.4. The van der Waals surface area contributed by atoms with Crippen LogP contribution in [0.5, 0.6) is 5.75 Å². The molecule has 1 aromatic rings. The Labute approximate surface area is 115 Å². The number of aryl methyl sites for hydroxylation is 2. The highest BCUT2D eigenvalue weighted by atomic mass is 16.5. The molecule has 0 spiro atoms. The highest BCUT2D eigenvalue weighted by Crippen LogP contribution is 2.42. The second-order valence-corrected chi connectivity index (χ2v) is 5.65. The zero-order chi connectivity index (χ0) is 14.0. The number of hydrogen-bond acceptors (Lipinski definition) is 3. The lowest BCUT2D eigenvalue weighted by molar-refractivity contribution is -0.0999. The van der Waals surface area contributed by atoms with Crippen LogP contribution in [0.15, 0.2) is 12.1 Å². The Balaban J connectivity index is 2.17. The van der Waals surface area contributed by atoms with E-state index < -0.39 is 6.10 Å². The molecular weight excluding hydrogens is 240 g/mol. The standard InChI is InChI=1S/C16H24O3/c1-11-8-13(9-12(2)15(11)18-3)14(17)10-16(19-4)6-5-7-16/h8-9,14,17H,5-7,10H2,1-4H3. The second kappa shape index (κ2) is 5.51. The summed E-state index contributed by atoms with van der Waals surface area (Å²) in [6.07, 6.45) is 3.50. The van der Waals surface area contributed by atoms with Gasteiger partial charge in [-0.3, -0.25) is 0 Å². The molecule has 0 radical (unpaired) electrons. The molecule has 1 aliphatic carbocycles. The Morgan fingerprint density at radius 3 is 2.16 bits per heavy atom. The number of rotatable bonds is 5. The van der Waals surface area contributed by atoms with Crippen molar-refractivity contribution in [3.05, 3.63) is 28.8 Å². The molecule has 3 heteroatoms. The number of methoxy groups -OCH3 is 2. The predicted octanol–water partition coefficient (Wildman–Crippen LogP) is 3.30. The molecule has 1 atom stereocenters. The average molecular weight is 264 g/mol. The van der Waals surface area contributed by atoms with Gasteiger partial charge in [0.25, 0.3) is 0 Å². The molecule has 1 fully saturated rings. The van der Waals surface area contributed by atoms with Gasteiger partial charge in [0.15, 0.2) is 0 Å². The minimum atomic E-state index is -0.469. The number of ether oxygens (including phenoxy) is 2. The zero-order valence-electron chi connectivity index (χ0n) is 12.3. The van der Waals surface area contributed by atoms with Crippen molar-refractivity contribution in [2.45, 2.75) is 51.2 Å². The van der Waals surface area contributed by atoms with Gasteiger partial charge in [0, 0.05) is 13.5 Å². The van der Waals surface area contributed by atoms with Crippen LogP contribution in [-0.4, -0.2) is 24.9 Å². The fraction of sp³-hybridized carbons (Fsp3) is 0.625. The third-order valence-corrected chi connectivity index (χ3v) is 4.33. The van der Waals surface area contributed by atoms with Crippen LogP contribution in [0.3, 0.4) is 0 Å². The molecule has 0 amide bonds. The van der Waals surface area contributed by atoms with E-state index in [-0.39, 0.29) is 5.60 Å². The third-order valence-electron chi connectivity index (χ3n) is 4.33. The van der Waals surface area contributed by atoms with E-state index in [1.807, 2.05) is 26.0 Å². The zero-order valence-corrected chi connectivity index (χ0v) is 12.3. The molecule has 0 bridgehead atoms. The number of benzene rings is 1. The highest BCUT2D eigenvalue weighted by Gasteiger charge is 2.39. The molecule has 106 valence electrons.